The van der Waals surface area contributed by atoms with E-state index in [1.54, 1.807) is 37.3 Å². The van der Waals surface area contributed by atoms with E-state index in [9.17, 15) is 23.2 Å². The predicted octanol–water partition coefficient (Wildman–Crippen LogP) is 7.25. The molecule has 3 amide bonds. The van der Waals surface area contributed by atoms with Crippen LogP contribution in [0.3, 0.4) is 0 Å². The van der Waals surface area contributed by atoms with Crippen molar-refractivity contribution in [2.75, 3.05) is 31.4 Å². The molecule has 13 heteroatoms. The van der Waals surface area contributed by atoms with E-state index in [0.717, 1.165) is 12.1 Å². The summed E-state index contributed by atoms with van der Waals surface area (Å²) in [5.41, 5.74) is 2.23. The summed E-state index contributed by atoms with van der Waals surface area (Å²) in [4.78, 5) is 44.6. The van der Waals surface area contributed by atoms with Gasteiger partial charge in [-0.2, -0.15) is 0 Å². The van der Waals surface area contributed by atoms with E-state index in [1.165, 1.54) is 19.1 Å². The monoisotopic (exact) mass is 628 g/mol. The van der Waals surface area contributed by atoms with Gasteiger partial charge in [-0.25, -0.2) is 23.4 Å². The molecule has 3 atom stereocenters. The van der Waals surface area contributed by atoms with Crippen molar-refractivity contribution in [3.8, 4) is 17.0 Å². The van der Waals surface area contributed by atoms with Crippen LogP contribution in [-0.2, 0) is 14.3 Å². The zero-order valence-corrected chi connectivity index (χ0v) is 25.0. The van der Waals surface area contributed by atoms with E-state index in [-0.39, 0.29) is 41.3 Å². The minimum atomic E-state index is -1.15. The van der Waals surface area contributed by atoms with Crippen molar-refractivity contribution < 1.29 is 37.4 Å². The zero-order chi connectivity index (χ0) is 31.5. The van der Waals surface area contributed by atoms with Gasteiger partial charge in [-0.05, 0) is 48.7 Å². The number of nitrogens with one attached hydrogen (secondary N) is 2. The first-order chi connectivity index (χ1) is 21.1. The van der Waals surface area contributed by atoms with E-state index in [2.05, 4.69) is 15.6 Å². The lowest BCUT2D eigenvalue weighted by Gasteiger charge is -2.37. The standard InChI is InChI=1S/C31H31ClF2N4O6/c1-16-5-4-6-24(38-12-11-25(44-31(38)41)27-21(33)10-9-20(32)28(27)34)23-13-17(14-26(36-23)42-2)19-8-7-18(35-30(40)43-3)15-22(19)37-29(16)39/h7-10,13-16,24-25H,4-6,11-12H2,1-3H3,(H,35,40)(H,37,39)/t16-,24+,25-/m1/s1. The molecule has 0 unspecified atom stereocenters. The average molecular weight is 629 g/mol. The van der Waals surface area contributed by atoms with Crippen LogP contribution in [0.25, 0.3) is 11.1 Å². The topological polar surface area (TPSA) is 119 Å². The number of halogens is 3. The van der Waals surface area contributed by atoms with Gasteiger partial charge in [0.25, 0.3) is 0 Å². The number of carbonyl (C=O) groups is 3. The lowest BCUT2D eigenvalue weighted by molar-refractivity contribution is -0.119. The number of anilines is 2. The molecule has 0 spiro atoms. The number of hydrogen-bond donors (Lipinski definition) is 2. The van der Waals surface area contributed by atoms with Gasteiger partial charge in [0.1, 0.15) is 11.9 Å². The van der Waals surface area contributed by atoms with Gasteiger partial charge in [0.15, 0.2) is 5.82 Å². The number of ether oxygens (including phenoxy) is 3. The molecule has 3 aromatic rings. The molecule has 1 aromatic heterocycles. The Morgan fingerprint density at radius 2 is 1.91 bits per heavy atom. The van der Waals surface area contributed by atoms with Crippen molar-refractivity contribution in [1.29, 1.82) is 0 Å². The van der Waals surface area contributed by atoms with Gasteiger partial charge in [-0.1, -0.05) is 31.0 Å². The Balaban J connectivity index is 1.54. The lowest BCUT2D eigenvalue weighted by Crippen LogP contribution is -2.42. The molecule has 0 aliphatic carbocycles. The number of hydrogen-bond acceptors (Lipinski definition) is 7. The molecule has 2 aliphatic heterocycles. The highest BCUT2D eigenvalue weighted by molar-refractivity contribution is 6.30. The van der Waals surface area contributed by atoms with Gasteiger partial charge >= 0.3 is 12.2 Å². The Morgan fingerprint density at radius 3 is 2.64 bits per heavy atom. The van der Waals surface area contributed by atoms with Gasteiger partial charge in [0.2, 0.25) is 11.8 Å². The highest BCUT2D eigenvalue weighted by Gasteiger charge is 2.37. The van der Waals surface area contributed by atoms with Gasteiger partial charge < -0.3 is 19.5 Å². The molecule has 10 nitrogen and oxygen atoms in total. The molecule has 2 aromatic carbocycles. The molecule has 0 saturated carbocycles. The van der Waals surface area contributed by atoms with E-state index in [0.29, 0.717) is 47.5 Å². The largest absolute Gasteiger partial charge is 0.481 e. The number of rotatable bonds is 4. The summed E-state index contributed by atoms with van der Waals surface area (Å²) in [5.74, 6) is -2.13. The molecule has 2 N–H and O–H groups in total. The Bertz CT molecular complexity index is 1610. The predicted molar refractivity (Wildman–Crippen MR) is 159 cm³/mol. The highest BCUT2D eigenvalue weighted by Crippen LogP contribution is 2.40. The number of pyridine rings is 1. The second-order valence-corrected chi connectivity index (χ2v) is 11.1. The molecular weight excluding hydrogens is 598 g/mol. The van der Waals surface area contributed by atoms with E-state index < -0.39 is 36.0 Å². The number of cyclic esters (lactones) is 1. The summed E-state index contributed by atoms with van der Waals surface area (Å²) < 4.78 is 45.1. The van der Waals surface area contributed by atoms with Crippen molar-refractivity contribution in [1.82, 2.24) is 9.88 Å². The molecule has 1 fully saturated rings. The third-order valence-corrected chi connectivity index (χ3v) is 8.13. The van der Waals surface area contributed by atoms with Crippen LogP contribution in [-0.4, -0.2) is 48.7 Å². The van der Waals surface area contributed by atoms with Crippen LogP contribution in [0.4, 0.5) is 29.7 Å². The number of carbonyl (C=O) groups excluding carboxylic acids is 3. The van der Waals surface area contributed by atoms with Crippen molar-refractivity contribution in [2.45, 2.75) is 44.8 Å². The number of aromatic nitrogens is 1. The number of fused-ring (bicyclic) bond motifs is 4. The summed E-state index contributed by atoms with van der Waals surface area (Å²) in [7, 11) is 2.72. The normalized spacial score (nSPS) is 20.3. The number of amides is 3. The maximum absolute atomic E-state index is 14.7. The first-order valence-electron chi connectivity index (χ1n) is 14.1. The van der Waals surface area contributed by atoms with Gasteiger partial charge in [-0.3, -0.25) is 15.0 Å². The maximum Gasteiger partial charge on any atom is 0.411 e. The molecule has 0 radical (unpaired) electrons. The van der Waals surface area contributed by atoms with E-state index >= 15 is 0 Å². The van der Waals surface area contributed by atoms with Crippen LogP contribution >= 0.6 is 11.6 Å². The summed E-state index contributed by atoms with van der Waals surface area (Å²) in [6.45, 7) is 1.93. The summed E-state index contributed by atoms with van der Waals surface area (Å²) in [5, 5.41) is 5.31. The second-order valence-electron chi connectivity index (χ2n) is 10.6. The first-order valence-corrected chi connectivity index (χ1v) is 14.4. The third-order valence-electron chi connectivity index (χ3n) is 7.84. The van der Waals surface area contributed by atoms with Gasteiger partial charge in [0, 0.05) is 36.2 Å². The minimum Gasteiger partial charge on any atom is -0.481 e. The molecule has 232 valence electrons. The summed E-state index contributed by atoms with van der Waals surface area (Å²) in [6, 6.07) is 10.1. The van der Waals surface area contributed by atoms with Gasteiger partial charge in [-0.15, -0.1) is 0 Å². The van der Waals surface area contributed by atoms with Crippen LogP contribution in [0.5, 0.6) is 5.88 Å². The smallest absolute Gasteiger partial charge is 0.411 e. The fraction of sp³-hybridized carbons (Fsp3) is 0.355. The van der Waals surface area contributed by atoms with Crippen LogP contribution in [0.1, 0.15) is 56.0 Å². The quantitative estimate of drug-likeness (QED) is 0.292. The van der Waals surface area contributed by atoms with Crippen LogP contribution in [0.2, 0.25) is 5.02 Å². The molecule has 5 rings (SSSR count). The SMILES string of the molecule is COC(=O)Nc1ccc2c(c1)NC(=O)[C@H](C)CCC[C@H](N1CC[C@H](c3c(F)ccc(Cl)c3F)OC1=O)c1cc-2cc(OC)n1. The van der Waals surface area contributed by atoms with Crippen molar-refractivity contribution in [3.63, 3.8) is 0 Å². The highest BCUT2D eigenvalue weighted by atomic mass is 35.5. The third kappa shape index (κ3) is 6.40. The molecule has 2 aliphatic rings. The average Bonchev–Trinajstić information content (AvgIpc) is 3.01. The molecule has 2 bridgehead atoms. The van der Waals surface area contributed by atoms with Gasteiger partial charge in [0.05, 0.1) is 42.2 Å². The Labute approximate surface area is 257 Å². The zero-order valence-electron chi connectivity index (χ0n) is 24.3. The fourth-order valence-corrected chi connectivity index (χ4v) is 5.66. The summed E-state index contributed by atoms with van der Waals surface area (Å²) in [6.07, 6.45) is -0.969. The number of benzene rings is 2. The lowest BCUT2D eigenvalue weighted by atomic mass is 9.94. The molecule has 1 saturated heterocycles. The van der Waals surface area contributed by atoms with Crippen molar-refractivity contribution >= 4 is 41.1 Å². The maximum atomic E-state index is 14.7. The van der Waals surface area contributed by atoms with E-state index in [4.69, 9.17) is 25.8 Å². The Kier molecular flexibility index (Phi) is 9.19. The number of methoxy groups -OCH3 is 2. The first kappa shape index (κ1) is 31.0. The van der Waals surface area contributed by atoms with Crippen LogP contribution in [0.15, 0.2) is 42.5 Å². The fourth-order valence-electron chi connectivity index (χ4n) is 5.49. The minimum absolute atomic E-state index is 0.116. The van der Waals surface area contributed by atoms with Crippen molar-refractivity contribution in [3.05, 3.63) is 70.4 Å². The van der Waals surface area contributed by atoms with Crippen molar-refractivity contribution in [2.24, 2.45) is 5.92 Å². The molecule has 44 heavy (non-hydrogen) atoms. The molecular formula is C31H31ClF2N4O6. The van der Waals surface area contributed by atoms with Crippen LogP contribution < -0.4 is 15.4 Å². The molecule has 3 heterocycles. The summed E-state index contributed by atoms with van der Waals surface area (Å²) >= 11 is 5.88. The van der Waals surface area contributed by atoms with Crippen LogP contribution in [0, 0.1) is 17.6 Å². The van der Waals surface area contributed by atoms with E-state index in [1.807, 2.05) is 0 Å². The Hall–Kier alpha value is -4.45. The second kappa shape index (κ2) is 13.0. The number of nitrogens with zero attached hydrogens (tertiary/aromatic N) is 2. The Morgan fingerprint density at radius 1 is 1.11 bits per heavy atom.